The Kier molecular flexibility index (Phi) is 4.59. The van der Waals surface area contributed by atoms with Gasteiger partial charge in [-0.3, -0.25) is 0 Å². The minimum absolute atomic E-state index is 0.00270. The molecule has 8 heteroatoms. The molecule has 0 aliphatic carbocycles. The van der Waals surface area contributed by atoms with Crippen LogP contribution in [0, 0.1) is 0 Å². The normalized spacial score (nSPS) is 11.7. The highest BCUT2D eigenvalue weighted by Crippen LogP contribution is 2.36. The lowest BCUT2D eigenvalue weighted by Crippen LogP contribution is -2.14. The van der Waals surface area contributed by atoms with Gasteiger partial charge < -0.3 is 20.4 Å². The monoisotopic (exact) mass is 308 g/mol. The Bertz CT molecular complexity index is 655. The number of methoxy groups -OCH3 is 1. The van der Waals surface area contributed by atoms with Gasteiger partial charge in [0.15, 0.2) is 5.84 Å². The zero-order chi connectivity index (χ0) is 15.4. The molecule has 0 radical (unpaired) electrons. The van der Waals surface area contributed by atoms with E-state index in [4.69, 9.17) is 20.4 Å². The summed E-state index contributed by atoms with van der Waals surface area (Å²) in [4.78, 5) is 9.53. The van der Waals surface area contributed by atoms with E-state index in [1.54, 1.807) is 12.1 Å². The summed E-state index contributed by atoms with van der Waals surface area (Å²) < 4.78 is 10.8. The number of aromatic nitrogens is 2. The molecule has 0 unspecified atom stereocenters. The third-order valence-electron chi connectivity index (χ3n) is 2.50. The fourth-order valence-electron chi connectivity index (χ4n) is 1.65. The highest BCUT2D eigenvalue weighted by molar-refractivity contribution is 7.17. The quantitative estimate of drug-likeness (QED) is 0.379. The van der Waals surface area contributed by atoms with Gasteiger partial charge in [0, 0.05) is 12.1 Å². The maximum atomic E-state index is 8.88. The lowest BCUT2D eigenvalue weighted by atomic mass is 10.3. The Morgan fingerprint density at radius 2 is 2.14 bits per heavy atom. The van der Waals surface area contributed by atoms with Crippen LogP contribution < -0.4 is 15.2 Å². The van der Waals surface area contributed by atoms with Crippen molar-refractivity contribution in [2.75, 3.05) is 7.11 Å². The molecule has 2 heterocycles. The van der Waals surface area contributed by atoms with Crippen molar-refractivity contribution in [3.8, 4) is 22.2 Å². The lowest BCUT2D eigenvalue weighted by Gasteiger charge is -2.09. The molecule has 7 nitrogen and oxygen atoms in total. The number of hydrogen-bond donors (Lipinski definition) is 2. The van der Waals surface area contributed by atoms with Crippen LogP contribution >= 0.6 is 11.3 Å². The summed E-state index contributed by atoms with van der Waals surface area (Å²) in [6.45, 7) is 3.81. The van der Waals surface area contributed by atoms with Crippen molar-refractivity contribution in [3.63, 3.8) is 0 Å². The molecule has 2 aromatic heterocycles. The lowest BCUT2D eigenvalue weighted by molar-refractivity contribution is 0.243. The minimum atomic E-state index is -0.0300. The standard InChI is InChI=1S/C13H16N4O3S/c1-7(2)20-9-5-10(21-12(9)13(14)17-18)8-4-11(19-3)16-6-15-8/h4-7,18H,1-3H3,(H2,14,17). The summed E-state index contributed by atoms with van der Waals surface area (Å²) in [5, 5.41) is 11.9. The van der Waals surface area contributed by atoms with Crippen molar-refractivity contribution in [1.29, 1.82) is 0 Å². The smallest absolute Gasteiger partial charge is 0.216 e. The van der Waals surface area contributed by atoms with Gasteiger partial charge in [0.1, 0.15) is 17.0 Å². The number of hydrogen-bond acceptors (Lipinski definition) is 7. The maximum absolute atomic E-state index is 8.88. The Labute approximate surface area is 126 Å². The van der Waals surface area contributed by atoms with Crippen molar-refractivity contribution in [3.05, 3.63) is 23.3 Å². The third kappa shape index (κ3) is 3.40. The molecule has 0 amide bonds. The number of thiophene rings is 1. The molecule has 112 valence electrons. The second-order valence-corrected chi connectivity index (χ2v) is 5.45. The first-order valence-electron chi connectivity index (χ1n) is 6.20. The number of nitrogens with zero attached hydrogens (tertiary/aromatic N) is 3. The first-order valence-corrected chi connectivity index (χ1v) is 7.01. The van der Waals surface area contributed by atoms with E-state index in [2.05, 4.69) is 15.1 Å². The highest BCUT2D eigenvalue weighted by Gasteiger charge is 2.17. The van der Waals surface area contributed by atoms with E-state index < -0.39 is 0 Å². The van der Waals surface area contributed by atoms with Gasteiger partial charge in [-0.2, -0.15) is 0 Å². The second-order valence-electron chi connectivity index (χ2n) is 4.40. The maximum Gasteiger partial charge on any atom is 0.216 e. The predicted octanol–water partition coefficient (Wildman–Crippen LogP) is 2.10. The molecule has 0 saturated heterocycles. The fraction of sp³-hybridized carbons (Fsp3) is 0.308. The fourth-order valence-corrected chi connectivity index (χ4v) is 2.61. The summed E-state index contributed by atoms with van der Waals surface area (Å²) in [5.41, 5.74) is 6.37. The van der Waals surface area contributed by atoms with E-state index in [-0.39, 0.29) is 11.9 Å². The number of ether oxygens (including phenoxy) is 2. The molecule has 2 rings (SSSR count). The van der Waals surface area contributed by atoms with E-state index in [9.17, 15) is 0 Å². The SMILES string of the molecule is COc1cc(-c2cc(OC(C)C)c(C(N)=NO)s2)ncn1. The van der Waals surface area contributed by atoms with Gasteiger partial charge >= 0.3 is 0 Å². The molecule has 0 spiro atoms. The molecule has 0 saturated carbocycles. The molecule has 0 aromatic carbocycles. The van der Waals surface area contributed by atoms with E-state index in [1.165, 1.54) is 24.8 Å². The molecule has 0 aliphatic heterocycles. The number of amidine groups is 1. The van der Waals surface area contributed by atoms with Crippen molar-refractivity contribution in [2.45, 2.75) is 20.0 Å². The zero-order valence-corrected chi connectivity index (χ0v) is 12.7. The molecule has 2 aromatic rings. The first-order chi connectivity index (χ1) is 10.0. The van der Waals surface area contributed by atoms with Crippen LogP contribution in [0.15, 0.2) is 23.6 Å². The van der Waals surface area contributed by atoms with Crippen LogP contribution in [0.2, 0.25) is 0 Å². The Hall–Kier alpha value is -2.35. The largest absolute Gasteiger partial charge is 0.489 e. The van der Waals surface area contributed by atoms with Crippen LogP contribution in [0.1, 0.15) is 18.7 Å². The van der Waals surface area contributed by atoms with Crippen molar-refractivity contribution < 1.29 is 14.7 Å². The average molecular weight is 308 g/mol. The number of oxime groups is 1. The number of nitrogens with two attached hydrogens (primary N) is 1. The molecular weight excluding hydrogens is 292 g/mol. The van der Waals surface area contributed by atoms with Gasteiger partial charge in [-0.05, 0) is 13.8 Å². The van der Waals surface area contributed by atoms with Crippen LogP contribution in [-0.2, 0) is 0 Å². The van der Waals surface area contributed by atoms with Crippen LogP contribution in [0.25, 0.3) is 10.6 Å². The molecule has 0 bridgehead atoms. The van der Waals surface area contributed by atoms with Crippen molar-refractivity contribution in [2.24, 2.45) is 10.9 Å². The first kappa shape index (κ1) is 15.0. The number of rotatable bonds is 5. The van der Waals surface area contributed by atoms with E-state index in [1.807, 2.05) is 13.8 Å². The summed E-state index contributed by atoms with van der Waals surface area (Å²) in [5.74, 6) is 1.02. The summed E-state index contributed by atoms with van der Waals surface area (Å²) in [6, 6.07) is 3.51. The highest BCUT2D eigenvalue weighted by atomic mass is 32.1. The van der Waals surface area contributed by atoms with Crippen LogP contribution in [0.4, 0.5) is 0 Å². The summed E-state index contributed by atoms with van der Waals surface area (Å²) in [7, 11) is 1.54. The molecular formula is C13H16N4O3S. The molecule has 0 fully saturated rings. The third-order valence-corrected chi connectivity index (χ3v) is 3.67. The Balaban J connectivity index is 2.47. The Morgan fingerprint density at radius 3 is 2.76 bits per heavy atom. The van der Waals surface area contributed by atoms with E-state index >= 15 is 0 Å². The van der Waals surface area contributed by atoms with Gasteiger partial charge in [0.05, 0.1) is 23.8 Å². The molecule has 0 atom stereocenters. The topological polar surface area (TPSA) is 103 Å². The van der Waals surface area contributed by atoms with Crippen LogP contribution in [0.3, 0.4) is 0 Å². The van der Waals surface area contributed by atoms with E-state index in [0.717, 1.165) is 4.88 Å². The molecule has 0 aliphatic rings. The van der Waals surface area contributed by atoms with Crippen molar-refractivity contribution >= 4 is 17.2 Å². The molecule has 21 heavy (non-hydrogen) atoms. The van der Waals surface area contributed by atoms with Gasteiger partial charge in [-0.25, -0.2) is 9.97 Å². The predicted molar refractivity (Wildman–Crippen MR) is 80.2 cm³/mol. The minimum Gasteiger partial charge on any atom is -0.489 e. The Morgan fingerprint density at radius 1 is 1.38 bits per heavy atom. The van der Waals surface area contributed by atoms with Gasteiger partial charge in [0.2, 0.25) is 5.88 Å². The van der Waals surface area contributed by atoms with Crippen molar-refractivity contribution in [1.82, 2.24) is 9.97 Å². The van der Waals surface area contributed by atoms with Crippen LogP contribution in [0.5, 0.6) is 11.6 Å². The van der Waals surface area contributed by atoms with Crippen LogP contribution in [-0.4, -0.2) is 34.2 Å². The average Bonchev–Trinajstić information content (AvgIpc) is 2.89. The van der Waals surface area contributed by atoms with Gasteiger partial charge in [-0.1, -0.05) is 5.16 Å². The summed E-state index contributed by atoms with van der Waals surface area (Å²) in [6.07, 6.45) is 1.39. The molecule has 3 N–H and O–H groups in total. The van der Waals surface area contributed by atoms with Gasteiger partial charge in [-0.15, -0.1) is 11.3 Å². The second kappa shape index (κ2) is 6.40. The van der Waals surface area contributed by atoms with Gasteiger partial charge in [0.25, 0.3) is 0 Å². The van der Waals surface area contributed by atoms with E-state index in [0.29, 0.717) is 22.2 Å². The summed E-state index contributed by atoms with van der Waals surface area (Å²) >= 11 is 1.32. The zero-order valence-electron chi connectivity index (χ0n) is 11.9.